The van der Waals surface area contributed by atoms with Gasteiger partial charge in [-0.25, -0.2) is 4.79 Å². The smallest absolute Gasteiger partial charge is 0.321 e. The van der Waals surface area contributed by atoms with Gasteiger partial charge in [0.25, 0.3) is 0 Å². The van der Waals surface area contributed by atoms with E-state index in [0.29, 0.717) is 26.3 Å². The Morgan fingerprint density at radius 2 is 1.97 bits per heavy atom. The minimum atomic E-state index is -0.102. The standard InChI is InChI=1S/C22H33N3O4/c1-16-6-7-17(2)20(13-16)23-22(27)24-10-4-5-19(14-24)25(21(26)15-28-3)18-8-11-29-12-9-18/h6-7,13,18-19H,4-5,8-12,14-15H2,1-3H3,(H,23,27). The molecule has 1 atom stereocenters. The SMILES string of the molecule is COCC(=O)N(C1CCOCC1)C1CCCN(C(=O)Nc2cc(C)ccc2C)C1. The summed E-state index contributed by atoms with van der Waals surface area (Å²) in [5, 5.41) is 3.05. The van der Waals surface area contributed by atoms with Gasteiger partial charge >= 0.3 is 6.03 Å². The number of likely N-dealkylation sites (tertiary alicyclic amines) is 1. The van der Waals surface area contributed by atoms with Crippen molar-refractivity contribution in [2.24, 2.45) is 0 Å². The van der Waals surface area contributed by atoms with Crippen molar-refractivity contribution in [1.82, 2.24) is 9.80 Å². The number of ether oxygens (including phenoxy) is 2. The monoisotopic (exact) mass is 403 g/mol. The summed E-state index contributed by atoms with van der Waals surface area (Å²) in [5.74, 6) is 0.00110. The van der Waals surface area contributed by atoms with Crippen molar-refractivity contribution in [2.75, 3.05) is 45.3 Å². The summed E-state index contributed by atoms with van der Waals surface area (Å²) in [6, 6.07) is 6.10. The van der Waals surface area contributed by atoms with Crippen molar-refractivity contribution in [1.29, 1.82) is 0 Å². The lowest BCUT2D eigenvalue weighted by atomic mass is 9.98. The number of hydrogen-bond donors (Lipinski definition) is 1. The first-order valence-electron chi connectivity index (χ1n) is 10.5. The Labute approximate surface area is 173 Å². The van der Waals surface area contributed by atoms with Gasteiger partial charge < -0.3 is 24.6 Å². The van der Waals surface area contributed by atoms with Gasteiger partial charge in [0.05, 0.1) is 0 Å². The minimum Gasteiger partial charge on any atom is -0.381 e. The summed E-state index contributed by atoms with van der Waals surface area (Å²) in [6.45, 7) is 6.67. The van der Waals surface area contributed by atoms with Crippen LogP contribution < -0.4 is 5.32 Å². The van der Waals surface area contributed by atoms with E-state index >= 15 is 0 Å². The van der Waals surface area contributed by atoms with Crippen molar-refractivity contribution < 1.29 is 19.1 Å². The fourth-order valence-electron chi connectivity index (χ4n) is 4.30. The molecule has 1 aromatic carbocycles. The molecule has 2 fully saturated rings. The predicted molar refractivity (Wildman–Crippen MR) is 112 cm³/mol. The summed E-state index contributed by atoms with van der Waals surface area (Å²) in [7, 11) is 1.55. The molecule has 2 heterocycles. The average Bonchev–Trinajstić information content (AvgIpc) is 2.72. The van der Waals surface area contributed by atoms with Gasteiger partial charge in [-0.1, -0.05) is 12.1 Å². The first kappa shape index (κ1) is 21.6. The highest BCUT2D eigenvalue weighted by Crippen LogP contribution is 2.25. The van der Waals surface area contributed by atoms with E-state index < -0.39 is 0 Å². The molecule has 1 aromatic rings. The number of urea groups is 1. The van der Waals surface area contributed by atoms with Gasteiger partial charge in [-0.15, -0.1) is 0 Å². The second-order valence-electron chi connectivity index (χ2n) is 8.07. The number of rotatable bonds is 5. The van der Waals surface area contributed by atoms with Gasteiger partial charge in [-0.3, -0.25) is 4.79 Å². The van der Waals surface area contributed by atoms with Crippen LogP contribution in [0.15, 0.2) is 18.2 Å². The number of carbonyl (C=O) groups is 2. The molecule has 1 N–H and O–H groups in total. The Bertz CT molecular complexity index is 718. The van der Waals surface area contributed by atoms with Crippen LogP contribution >= 0.6 is 0 Å². The van der Waals surface area contributed by atoms with Crippen LogP contribution in [0.2, 0.25) is 0 Å². The molecule has 7 heteroatoms. The highest BCUT2D eigenvalue weighted by atomic mass is 16.5. The van der Waals surface area contributed by atoms with Gasteiger partial charge in [0.2, 0.25) is 5.91 Å². The lowest BCUT2D eigenvalue weighted by Gasteiger charge is -2.44. The van der Waals surface area contributed by atoms with Crippen molar-refractivity contribution >= 4 is 17.6 Å². The fourth-order valence-corrected chi connectivity index (χ4v) is 4.30. The summed E-state index contributed by atoms with van der Waals surface area (Å²) < 4.78 is 10.6. The van der Waals surface area contributed by atoms with Gasteiger partial charge in [0, 0.05) is 51.2 Å². The number of anilines is 1. The maximum Gasteiger partial charge on any atom is 0.321 e. The fraction of sp³-hybridized carbons (Fsp3) is 0.636. The molecule has 7 nitrogen and oxygen atoms in total. The molecule has 1 unspecified atom stereocenters. The normalized spacial score (nSPS) is 20.4. The predicted octanol–water partition coefficient (Wildman–Crippen LogP) is 2.95. The molecule has 0 radical (unpaired) electrons. The molecule has 160 valence electrons. The maximum absolute atomic E-state index is 12.9. The zero-order chi connectivity index (χ0) is 20.8. The molecule has 29 heavy (non-hydrogen) atoms. The highest BCUT2D eigenvalue weighted by Gasteiger charge is 2.35. The Morgan fingerprint density at radius 3 is 2.69 bits per heavy atom. The highest BCUT2D eigenvalue weighted by molar-refractivity contribution is 5.90. The number of hydrogen-bond acceptors (Lipinski definition) is 4. The van der Waals surface area contributed by atoms with Gasteiger partial charge in [0.15, 0.2) is 0 Å². The molecule has 3 amide bonds. The number of amides is 3. The Balaban J connectivity index is 1.70. The van der Waals surface area contributed by atoms with Crippen LogP contribution in [-0.2, 0) is 14.3 Å². The number of nitrogens with zero attached hydrogens (tertiary/aromatic N) is 2. The van der Waals surface area contributed by atoms with Gasteiger partial charge in [-0.05, 0) is 56.7 Å². The molecule has 2 saturated heterocycles. The Kier molecular flexibility index (Phi) is 7.50. The quantitative estimate of drug-likeness (QED) is 0.821. The number of carbonyl (C=O) groups excluding carboxylic acids is 2. The number of piperidine rings is 1. The molecule has 2 aliphatic heterocycles. The second kappa shape index (κ2) is 10.1. The molecule has 3 rings (SSSR count). The zero-order valence-corrected chi connectivity index (χ0v) is 17.8. The third-order valence-electron chi connectivity index (χ3n) is 5.85. The minimum absolute atomic E-state index is 0.00110. The average molecular weight is 404 g/mol. The molecular formula is C22H33N3O4. The Morgan fingerprint density at radius 1 is 1.21 bits per heavy atom. The van der Waals surface area contributed by atoms with Crippen LogP contribution in [0.1, 0.15) is 36.8 Å². The second-order valence-corrected chi connectivity index (χ2v) is 8.07. The van der Waals surface area contributed by atoms with Crippen LogP contribution in [0.5, 0.6) is 0 Å². The van der Waals surface area contributed by atoms with E-state index in [1.807, 2.05) is 41.8 Å². The van der Waals surface area contributed by atoms with E-state index in [4.69, 9.17) is 9.47 Å². The lowest BCUT2D eigenvalue weighted by Crippen LogP contribution is -2.57. The molecule has 0 aromatic heterocycles. The van der Waals surface area contributed by atoms with E-state index in [1.54, 1.807) is 7.11 Å². The molecule has 0 aliphatic carbocycles. The van der Waals surface area contributed by atoms with Crippen LogP contribution in [0.25, 0.3) is 0 Å². The number of benzene rings is 1. The third-order valence-corrected chi connectivity index (χ3v) is 5.85. The van der Waals surface area contributed by atoms with E-state index in [0.717, 1.165) is 42.5 Å². The first-order valence-corrected chi connectivity index (χ1v) is 10.5. The third kappa shape index (κ3) is 5.48. The number of aryl methyl sites for hydroxylation is 2. The molecule has 0 spiro atoms. The first-order chi connectivity index (χ1) is 14.0. The molecular weight excluding hydrogens is 370 g/mol. The topological polar surface area (TPSA) is 71.1 Å². The molecule has 0 saturated carbocycles. The van der Waals surface area contributed by atoms with Crippen molar-refractivity contribution in [3.63, 3.8) is 0 Å². The van der Waals surface area contributed by atoms with Crippen LogP contribution in [-0.4, -0.2) is 73.8 Å². The maximum atomic E-state index is 12.9. The lowest BCUT2D eigenvalue weighted by molar-refractivity contribution is -0.143. The summed E-state index contributed by atoms with van der Waals surface area (Å²) in [5.41, 5.74) is 2.99. The van der Waals surface area contributed by atoms with E-state index in [-0.39, 0.29) is 30.6 Å². The van der Waals surface area contributed by atoms with Crippen molar-refractivity contribution in [3.8, 4) is 0 Å². The number of methoxy groups -OCH3 is 1. The van der Waals surface area contributed by atoms with Crippen molar-refractivity contribution in [2.45, 2.75) is 51.6 Å². The zero-order valence-electron chi connectivity index (χ0n) is 17.8. The Hall–Kier alpha value is -2.12. The molecule has 0 bridgehead atoms. The van der Waals surface area contributed by atoms with Crippen LogP contribution in [0.4, 0.5) is 10.5 Å². The largest absolute Gasteiger partial charge is 0.381 e. The van der Waals surface area contributed by atoms with E-state index in [9.17, 15) is 9.59 Å². The van der Waals surface area contributed by atoms with Gasteiger partial charge in [-0.2, -0.15) is 0 Å². The van der Waals surface area contributed by atoms with E-state index in [2.05, 4.69) is 5.32 Å². The van der Waals surface area contributed by atoms with Gasteiger partial charge in [0.1, 0.15) is 6.61 Å². The van der Waals surface area contributed by atoms with Crippen LogP contribution in [0.3, 0.4) is 0 Å². The van der Waals surface area contributed by atoms with E-state index in [1.165, 1.54) is 0 Å². The van der Waals surface area contributed by atoms with Crippen LogP contribution in [0, 0.1) is 13.8 Å². The van der Waals surface area contributed by atoms with Crippen molar-refractivity contribution in [3.05, 3.63) is 29.3 Å². The number of nitrogens with one attached hydrogen (secondary N) is 1. The summed E-state index contributed by atoms with van der Waals surface area (Å²) in [6.07, 6.45) is 3.45. The molecule has 2 aliphatic rings. The summed E-state index contributed by atoms with van der Waals surface area (Å²) >= 11 is 0. The summed E-state index contributed by atoms with van der Waals surface area (Å²) in [4.78, 5) is 29.6.